The van der Waals surface area contributed by atoms with Crippen LogP contribution in [-0.4, -0.2) is 29.8 Å². The molecule has 0 unspecified atom stereocenters. The Morgan fingerprint density at radius 2 is 2.19 bits per heavy atom. The number of nitrogens with one attached hydrogen (secondary N) is 1. The van der Waals surface area contributed by atoms with Gasteiger partial charge in [0.2, 0.25) is 0 Å². The van der Waals surface area contributed by atoms with Crippen LogP contribution in [0, 0.1) is 18.3 Å². The Morgan fingerprint density at radius 1 is 1.43 bits per heavy atom. The van der Waals surface area contributed by atoms with E-state index in [1.807, 2.05) is 0 Å². The van der Waals surface area contributed by atoms with Gasteiger partial charge in [-0.3, -0.25) is 4.79 Å². The van der Waals surface area contributed by atoms with Gasteiger partial charge in [0.15, 0.2) is 0 Å². The molecule has 114 valence electrons. The molecule has 2 heterocycles. The fourth-order valence-corrected chi connectivity index (χ4v) is 3.63. The SMILES string of the molecule is Cc1ccc(C(=O)O[C@@H]2[C@@H]3CCCO[C@H]3C2(C)C)c(=O)[nH]1. The second-order valence-corrected chi connectivity index (χ2v) is 6.63. The number of aryl methyl sites for hydroxylation is 1. The van der Waals surface area contributed by atoms with Crippen LogP contribution in [0.4, 0.5) is 0 Å². The van der Waals surface area contributed by atoms with Crippen molar-refractivity contribution in [1.82, 2.24) is 4.98 Å². The van der Waals surface area contributed by atoms with E-state index in [1.165, 1.54) is 6.07 Å². The number of H-pyrrole nitrogens is 1. The molecule has 0 aromatic carbocycles. The minimum absolute atomic E-state index is 0.0663. The zero-order valence-electron chi connectivity index (χ0n) is 12.6. The Morgan fingerprint density at radius 3 is 2.90 bits per heavy atom. The number of hydrogen-bond donors (Lipinski definition) is 1. The largest absolute Gasteiger partial charge is 0.458 e. The third-order valence-electron chi connectivity index (χ3n) is 4.73. The van der Waals surface area contributed by atoms with E-state index in [0.717, 1.165) is 25.1 Å². The molecule has 1 saturated carbocycles. The smallest absolute Gasteiger partial charge is 0.344 e. The van der Waals surface area contributed by atoms with E-state index in [0.29, 0.717) is 0 Å². The molecule has 1 N–H and O–H groups in total. The summed E-state index contributed by atoms with van der Waals surface area (Å²) in [6, 6.07) is 3.23. The molecule has 1 aliphatic carbocycles. The number of ether oxygens (including phenoxy) is 2. The summed E-state index contributed by atoms with van der Waals surface area (Å²) in [4.78, 5) is 26.7. The number of carbonyl (C=O) groups is 1. The molecular formula is C16H21NO4. The van der Waals surface area contributed by atoms with Crippen molar-refractivity contribution >= 4 is 5.97 Å². The summed E-state index contributed by atoms with van der Waals surface area (Å²) in [6.07, 6.45) is 1.98. The molecule has 0 spiro atoms. The maximum absolute atomic E-state index is 12.3. The molecule has 2 aliphatic rings. The average molecular weight is 291 g/mol. The summed E-state index contributed by atoms with van der Waals surface area (Å²) in [5, 5.41) is 0. The van der Waals surface area contributed by atoms with Crippen LogP contribution in [0.3, 0.4) is 0 Å². The van der Waals surface area contributed by atoms with Gasteiger partial charge in [0.25, 0.3) is 5.56 Å². The standard InChI is InChI=1S/C16H21NO4/c1-9-6-7-11(14(18)17-9)15(19)21-13-10-5-4-8-20-12(10)16(13,2)3/h6-7,10,12-13H,4-5,8H2,1-3H3,(H,17,18)/t10-,12-,13-/m1/s1. The number of aromatic nitrogens is 1. The Bertz CT molecular complexity index is 619. The molecule has 1 aromatic rings. The molecule has 0 bridgehead atoms. The summed E-state index contributed by atoms with van der Waals surface area (Å²) < 4.78 is 11.4. The third-order valence-corrected chi connectivity index (χ3v) is 4.73. The third kappa shape index (κ3) is 2.29. The molecule has 0 amide bonds. The van der Waals surface area contributed by atoms with Crippen LogP contribution >= 0.6 is 0 Å². The Kier molecular flexibility index (Phi) is 3.40. The number of rotatable bonds is 2. The fourth-order valence-electron chi connectivity index (χ4n) is 3.63. The minimum atomic E-state index is -0.543. The second kappa shape index (κ2) is 4.98. The van der Waals surface area contributed by atoms with Crippen LogP contribution in [0.15, 0.2) is 16.9 Å². The fraction of sp³-hybridized carbons (Fsp3) is 0.625. The van der Waals surface area contributed by atoms with Crippen molar-refractivity contribution in [2.24, 2.45) is 11.3 Å². The van der Waals surface area contributed by atoms with Crippen molar-refractivity contribution in [2.45, 2.75) is 45.8 Å². The summed E-state index contributed by atoms with van der Waals surface area (Å²) in [7, 11) is 0. The number of carbonyl (C=O) groups excluding carboxylic acids is 1. The summed E-state index contributed by atoms with van der Waals surface area (Å²) >= 11 is 0. The van der Waals surface area contributed by atoms with Crippen LogP contribution in [-0.2, 0) is 9.47 Å². The van der Waals surface area contributed by atoms with Gasteiger partial charge in [-0.25, -0.2) is 4.79 Å². The van der Waals surface area contributed by atoms with Gasteiger partial charge in [-0.2, -0.15) is 0 Å². The molecule has 1 aromatic heterocycles. The van der Waals surface area contributed by atoms with E-state index in [2.05, 4.69) is 18.8 Å². The van der Waals surface area contributed by atoms with Crippen LogP contribution < -0.4 is 5.56 Å². The van der Waals surface area contributed by atoms with Gasteiger partial charge in [-0.05, 0) is 31.9 Å². The number of esters is 1. The highest BCUT2D eigenvalue weighted by molar-refractivity contribution is 5.89. The topological polar surface area (TPSA) is 68.4 Å². The highest BCUT2D eigenvalue weighted by atomic mass is 16.6. The number of hydrogen-bond acceptors (Lipinski definition) is 4. The first-order valence-corrected chi connectivity index (χ1v) is 7.44. The molecule has 21 heavy (non-hydrogen) atoms. The lowest BCUT2D eigenvalue weighted by molar-refractivity contribution is -0.243. The second-order valence-electron chi connectivity index (χ2n) is 6.63. The first-order valence-electron chi connectivity index (χ1n) is 7.44. The quantitative estimate of drug-likeness (QED) is 0.847. The van der Waals surface area contributed by atoms with Crippen LogP contribution in [0.2, 0.25) is 0 Å². The first kappa shape index (κ1) is 14.3. The van der Waals surface area contributed by atoms with E-state index >= 15 is 0 Å². The van der Waals surface area contributed by atoms with Crippen molar-refractivity contribution in [3.05, 3.63) is 33.7 Å². The lowest BCUT2D eigenvalue weighted by atomic mass is 9.57. The molecule has 0 radical (unpaired) electrons. The number of pyridine rings is 1. The Hall–Kier alpha value is -1.62. The average Bonchev–Trinajstić information content (AvgIpc) is 2.44. The number of fused-ring (bicyclic) bond motifs is 1. The lowest BCUT2D eigenvalue weighted by Crippen LogP contribution is -2.65. The first-order chi connectivity index (χ1) is 9.91. The molecule has 5 heteroatoms. The van der Waals surface area contributed by atoms with Crippen LogP contribution in [0.25, 0.3) is 0 Å². The number of aromatic amines is 1. The van der Waals surface area contributed by atoms with E-state index < -0.39 is 11.5 Å². The zero-order valence-corrected chi connectivity index (χ0v) is 12.6. The molecule has 5 nitrogen and oxygen atoms in total. The van der Waals surface area contributed by atoms with Gasteiger partial charge in [0.1, 0.15) is 11.7 Å². The maximum Gasteiger partial charge on any atom is 0.344 e. The predicted octanol–water partition coefficient (Wildman–Crippen LogP) is 2.04. The van der Waals surface area contributed by atoms with Gasteiger partial charge >= 0.3 is 5.97 Å². The van der Waals surface area contributed by atoms with Gasteiger partial charge in [-0.15, -0.1) is 0 Å². The minimum Gasteiger partial charge on any atom is -0.458 e. The summed E-state index contributed by atoms with van der Waals surface area (Å²) in [6.45, 7) is 6.66. The normalized spacial score (nSPS) is 30.1. The van der Waals surface area contributed by atoms with Crippen molar-refractivity contribution in [3.63, 3.8) is 0 Å². The molecule has 1 aliphatic heterocycles. The van der Waals surface area contributed by atoms with Gasteiger partial charge < -0.3 is 14.5 Å². The van der Waals surface area contributed by atoms with Crippen molar-refractivity contribution < 1.29 is 14.3 Å². The molecule has 1 saturated heterocycles. The maximum atomic E-state index is 12.3. The zero-order chi connectivity index (χ0) is 15.2. The molecule has 3 rings (SSSR count). The summed E-state index contributed by atoms with van der Waals surface area (Å²) in [5.74, 6) is -0.291. The van der Waals surface area contributed by atoms with Crippen molar-refractivity contribution in [2.75, 3.05) is 6.61 Å². The van der Waals surface area contributed by atoms with Crippen molar-refractivity contribution in [1.29, 1.82) is 0 Å². The predicted molar refractivity (Wildman–Crippen MR) is 77.2 cm³/mol. The highest BCUT2D eigenvalue weighted by Gasteiger charge is 2.60. The highest BCUT2D eigenvalue weighted by Crippen LogP contribution is 2.53. The summed E-state index contributed by atoms with van der Waals surface area (Å²) in [5.41, 5.74) is 0.199. The van der Waals surface area contributed by atoms with Gasteiger partial charge in [0, 0.05) is 23.6 Å². The molecular weight excluding hydrogens is 270 g/mol. The Labute approximate surface area is 123 Å². The Balaban J connectivity index is 1.77. The van der Waals surface area contributed by atoms with Crippen molar-refractivity contribution in [3.8, 4) is 0 Å². The van der Waals surface area contributed by atoms with Gasteiger partial charge in [0.05, 0.1) is 6.10 Å². The van der Waals surface area contributed by atoms with E-state index in [-0.39, 0.29) is 29.1 Å². The van der Waals surface area contributed by atoms with Gasteiger partial charge in [-0.1, -0.05) is 13.8 Å². The molecule has 3 atom stereocenters. The molecule has 2 fully saturated rings. The van der Waals surface area contributed by atoms with Crippen LogP contribution in [0.5, 0.6) is 0 Å². The van der Waals surface area contributed by atoms with E-state index in [9.17, 15) is 9.59 Å². The lowest BCUT2D eigenvalue weighted by Gasteiger charge is -2.58. The van der Waals surface area contributed by atoms with E-state index in [4.69, 9.17) is 9.47 Å². The van der Waals surface area contributed by atoms with E-state index in [1.54, 1.807) is 13.0 Å². The monoisotopic (exact) mass is 291 g/mol. The van der Waals surface area contributed by atoms with Crippen LogP contribution in [0.1, 0.15) is 42.7 Å².